The molecular formula is C23H22ClFN6O3. The van der Waals surface area contributed by atoms with Gasteiger partial charge >= 0.3 is 0 Å². The van der Waals surface area contributed by atoms with E-state index < -0.39 is 17.6 Å². The van der Waals surface area contributed by atoms with Crippen molar-refractivity contribution in [3.05, 3.63) is 76.6 Å². The molecule has 3 aromatic rings. The van der Waals surface area contributed by atoms with E-state index in [1.807, 2.05) is 7.05 Å². The molecule has 1 aliphatic rings. The van der Waals surface area contributed by atoms with Crippen LogP contribution in [0.5, 0.6) is 0 Å². The Bertz CT molecular complexity index is 1220. The van der Waals surface area contributed by atoms with Crippen LogP contribution in [0.4, 0.5) is 15.8 Å². The summed E-state index contributed by atoms with van der Waals surface area (Å²) < 4.78 is 13.2. The zero-order valence-electron chi connectivity index (χ0n) is 18.3. The molecule has 4 rings (SSSR count). The van der Waals surface area contributed by atoms with Gasteiger partial charge in [-0.1, -0.05) is 11.6 Å². The molecule has 3 N–H and O–H groups in total. The summed E-state index contributed by atoms with van der Waals surface area (Å²) in [6.07, 6.45) is 1.32. The van der Waals surface area contributed by atoms with Crippen LogP contribution < -0.4 is 10.6 Å². The monoisotopic (exact) mass is 484 g/mol. The summed E-state index contributed by atoms with van der Waals surface area (Å²) >= 11 is 5.93. The summed E-state index contributed by atoms with van der Waals surface area (Å²) in [7, 11) is 1.99. The SMILES string of the molecule is CN1CCN(C(=O)c2nc[nH]c2C(=O)Nc2ccc(NC(=O)c3ccc(F)cc3Cl)cc2)CC1. The predicted molar refractivity (Wildman–Crippen MR) is 126 cm³/mol. The number of carbonyl (C=O) groups is 3. The number of H-pyrrole nitrogens is 1. The van der Waals surface area contributed by atoms with E-state index in [0.29, 0.717) is 24.5 Å². The lowest BCUT2D eigenvalue weighted by atomic mass is 10.2. The Labute approximate surface area is 199 Å². The normalized spacial score (nSPS) is 14.0. The van der Waals surface area contributed by atoms with E-state index in [9.17, 15) is 18.8 Å². The molecule has 9 nitrogen and oxygen atoms in total. The fourth-order valence-electron chi connectivity index (χ4n) is 3.49. The molecule has 0 bridgehead atoms. The molecule has 0 radical (unpaired) electrons. The van der Waals surface area contributed by atoms with Gasteiger partial charge in [-0.15, -0.1) is 0 Å². The number of likely N-dealkylation sites (N-methyl/N-ethyl adjacent to an activating group) is 1. The molecule has 34 heavy (non-hydrogen) atoms. The van der Waals surface area contributed by atoms with Crippen molar-refractivity contribution in [2.24, 2.45) is 0 Å². The molecule has 0 saturated carbocycles. The molecular weight excluding hydrogens is 463 g/mol. The first-order chi connectivity index (χ1) is 16.3. The number of carbonyl (C=O) groups excluding carboxylic acids is 3. The van der Waals surface area contributed by atoms with Crippen LogP contribution in [-0.4, -0.2) is 70.7 Å². The van der Waals surface area contributed by atoms with E-state index in [-0.39, 0.29) is 27.9 Å². The molecule has 0 aliphatic carbocycles. The summed E-state index contributed by atoms with van der Waals surface area (Å²) in [4.78, 5) is 48.6. The number of anilines is 2. The topological polar surface area (TPSA) is 110 Å². The minimum absolute atomic E-state index is 0.00265. The summed E-state index contributed by atoms with van der Waals surface area (Å²) in [5, 5.41) is 5.38. The van der Waals surface area contributed by atoms with Crippen molar-refractivity contribution in [2.45, 2.75) is 0 Å². The van der Waals surface area contributed by atoms with Gasteiger partial charge in [-0.05, 0) is 49.5 Å². The Morgan fingerprint density at radius 1 is 0.971 bits per heavy atom. The number of benzene rings is 2. The lowest BCUT2D eigenvalue weighted by molar-refractivity contribution is 0.0655. The van der Waals surface area contributed by atoms with E-state index >= 15 is 0 Å². The molecule has 2 heterocycles. The first-order valence-electron chi connectivity index (χ1n) is 10.5. The third-order valence-corrected chi connectivity index (χ3v) is 5.75. The summed E-state index contributed by atoms with van der Waals surface area (Å²) in [5.41, 5.74) is 1.19. The predicted octanol–water partition coefficient (Wildman–Crippen LogP) is 3.09. The minimum atomic E-state index is -0.535. The number of nitrogens with one attached hydrogen (secondary N) is 3. The van der Waals surface area contributed by atoms with E-state index in [2.05, 4.69) is 25.5 Å². The molecule has 0 spiro atoms. The quantitative estimate of drug-likeness (QED) is 0.515. The maximum absolute atomic E-state index is 13.2. The second-order valence-corrected chi connectivity index (χ2v) is 8.24. The highest BCUT2D eigenvalue weighted by Gasteiger charge is 2.27. The lowest BCUT2D eigenvalue weighted by Crippen LogP contribution is -2.47. The molecule has 1 saturated heterocycles. The fraction of sp³-hybridized carbons (Fsp3) is 0.217. The van der Waals surface area contributed by atoms with Crippen molar-refractivity contribution in [1.82, 2.24) is 19.8 Å². The van der Waals surface area contributed by atoms with Gasteiger partial charge in [0.15, 0.2) is 5.69 Å². The molecule has 1 aliphatic heterocycles. The van der Waals surface area contributed by atoms with Crippen LogP contribution in [0.2, 0.25) is 5.02 Å². The highest BCUT2D eigenvalue weighted by atomic mass is 35.5. The minimum Gasteiger partial charge on any atom is -0.340 e. The van der Waals surface area contributed by atoms with Crippen molar-refractivity contribution in [3.63, 3.8) is 0 Å². The number of halogens is 2. The molecule has 3 amide bonds. The Morgan fingerprint density at radius 2 is 1.59 bits per heavy atom. The number of aromatic amines is 1. The van der Waals surface area contributed by atoms with Gasteiger partial charge in [0.2, 0.25) is 0 Å². The summed E-state index contributed by atoms with van der Waals surface area (Å²) in [5.74, 6) is -1.83. The van der Waals surface area contributed by atoms with Crippen LogP contribution in [0.15, 0.2) is 48.8 Å². The molecule has 2 aromatic carbocycles. The average molecular weight is 485 g/mol. The van der Waals surface area contributed by atoms with Gasteiger partial charge in [-0.3, -0.25) is 14.4 Å². The molecule has 11 heteroatoms. The first kappa shape index (κ1) is 23.4. The van der Waals surface area contributed by atoms with Crippen molar-refractivity contribution in [1.29, 1.82) is 0 Å². The van der Waals surface area contributed by atoms with E-state index in [1.165, 1.54) is 12.4 Å². The van der Waals surface area contributed by atoms with Crippen molar-refractivity contribution in [3.8, 4) is 0 Å². The van der Waals surface area contributed by atoms with Gasteiger partial charge < -0.3 is 25.4 Å². The highest BCUT2D eigenvalue weighted by Crippen LogP contribution is 2.20. The van der Waals surface area contributed by atoms with Gasteiger partial charge in [0.25, 0.3) is 17.7 Å². The van der Waals surface area contributed by atoms with Gasteiger partial charge in [0.05, 0.1) is 16.9 Å². The number of piperazine rings is 1. The van der Waals surface area contributed by atoms with Gasteiger partial charge in [0.1, 0.15) is 11.5 Å². The Balaban J connectivity index is 1.39. The number of amides is 3. The summed E-state index contributed by atoms with van der Waals surface area (Å²) in [6.45, 7) is 2.65. The maximum atomic E-state index is 13.2. The second kappa shape index (κ2) is 10.0. The van der Waals surface area contributed by atoms with Crippen LogP contribution >= 0.6 is 11.6 Å². The molecule has 0 atom stereocenters. The smallest absolute Gasteiger partial charge is 0.274 e. The van der Waals surface area contributed by atoms with Gasteiger partial charge in [-0.25, -0.2) is 9.37 Å². The van der Waals surface area contributed by atoms with Crippen LogP contribution in [-0.2, 0) is 0 Å². The Kier molecular flexibility index (Phi) is 6.90. The number of hydrogen-bond acceptors (Lipinski definition) is 5. The zero-order valence-corrected chi connectivity index (χ0v) is 19.0. The third-order valence-electron chi connectivity index (χ3n) is 5.44. The van der Waals surface area contributed by atoms with Crippen LogP contribution in [0, 0.1) is 5.82 Å². The lowest BCUT2D eigenvalue weighted by Gasteiger charge is -2.32. The molecule has 1 aromatic heterocycles. The number of rotatable bonds is 5. The molecule has 176 valence electrons. The Morgan fingerprint density at radius 3 is 2.21 bits per heavy atom. The molecule has 1 fully saturated rings. The van der Waals surface area contributed by atoms with E-state index in [4.69, 9.17) is 11.6 Å². The van der Waals surface area contributed by atoms with E-state index in [1.54, 1.807) is 29.2 Å². The third kappa shape index (κ3) is 5.24. The van der Waals surface area contributed by atoms with Crippen molar-refractivity contribution >= 4 is 40.7 Å². The number of aromatic nitrogens is 2. The maximum Gasteiger partial charge on any atom is 0.274 e. The number of nitrogens with zero attached hydrogens (tertiary/aromatic N) is 3. The van der Waals surface area contributed by atoms with E-state index in [0.717, 1.165) is 25.2 Å². The summed E-state index contributed by atoms with van der Waals surface area (Å²) in [6, 6.07) is 9.89. The second-order valence-electron chi connectivity index (χ2n) is 7.83. The van der Waals surface area contributed by atoms with Crippen LogP contribution in [0.1, 0.15) is 31.3 Å². The fourth-order valence-corrected chi connectivity index (χ4v) is 3.74. The zero-order chi connectivity index (χ0) is 24.2. The van der Waals surface area contributed by atoms with Crippen molar-refractivity contribution in [2.75, 3.05) is 43.9 Å². The van der Waals surface area contributed by atoms with Crippen LogP contribution in [0.3, 0.4) is 0 Å². The van der Waals surface area contributed by atoms with Crippen molar-refractivity contribution < 1.29 is 18.8 Å². The number of hydrogen-bond donors (Lipinski definition) is 3. The van der Waals surface area contributed by atoms with Gasteiger partial charge in [-0.2, -0.15) is 0 Å². The van der Waals surface area contributed by atoms with Crippen LogP contribution in [0.25, 0.3) is 0 Å². The number of imidazole rings is 1. The Hall–Kier alpha value is -3.76. The first-order valence-corrected chi connectivity index (χ1v) is 10.9. The highest BCUT2D eigenvalue weighted by molar-refractivity contribution is 6.34. The largest absolute Gasteiger partial charge is 0.340 e. The van der Waals surface area contributed by atoms with Gasteiger partial charge in [0, 0.05) is 37.6 Å². The average Bonchev–Trinajstić information content (AvgIpc) is 3.30. The molecule has 0 unspecified atom stereocenters. The standard InChI is InChI=1S/C23H22ClFN6O3/c1-30-8-10-31(11-9-30)23(34)20-19(26-13-27-20)22(33)29-16-5-3-15(4-6-16)28-21(32)17-7-2-14(25)12-18(17)24/h2-7,12-13H,8-11H2,1H3,(H,26,27)(H,28,32)(H,29,33).